The molecule has 4 fully saturated rings. The highest BCUT2D eigenvalue weighted by atomic mass is 32.1. The van der Waals surface area contributed by atoms with E-state index in [0.717, 1.165) is 34.4 Å². The summed E-state index contributed by atoms with van der Waals surface area (Å²) >= 11 is 1.95. The number of hydrogen-bond donors (Lipinski definition) is 0. The van der Waals surface area contributed by atoms with E-state index in [1.54, 1.807) is 17.7 Å². The molecule has 5 aromatic carbocycles. The van der Waals surface area contributed by atoms with Crippen LogP contribution in [0.25, 0.3) is 70.3 Å². The summed E-state index contributed by atoms with van der Waals surface area (Å²) < 4.78 is 2.78. The average Bonchev–Trinajstić information content (AvgIpc) is 3.52. The lowest BCUT2D eigenvalue weighted by molar-refractivity contribution is -0.00512. The highest BCUT2D eigenvalue weighted by Gasteiger charge is 2.51. The van der Waals surface area contributed by atoms with Crippen molar-refractivity contribution in [1.82, 2.24) is 15.0 Å². The van der Waals surface area contributed by atoms with Gasteiger partial charge >= 0.3 is 0 Å². The van der Waals surface area contributed by atoms with Crippen LogP contribution >= 0.6 is 11.3 Å². The predicted octanol–water partition coefficient (Wildman–Crippen LogP) is 11.9. The van der Waals surface area contributed by atoms with Gasteiger partial charge in [-0.25, -0.2) is 19.8 Å². The third-order valence-electron chi connectivity index (χ3n) is 11.5. The number of rotatable bonds is 5. The Kier molecular flexibility index (Phi) is 6.57. The predicted molar refractivity (Wildman–Crippen MR) is 201 cm³/mol. The summed E-state index contributed by atoms with van der Waals surface area (Å²) in [6.45, 7) is 7.31. The van der Waals surface area contributed by atoms with Gasteiger partial charge in [0.25, 0.3) is 0 Å². The van der Waals surface area contributed by atoms with Gasteiger partial charge in [-0.3, -0.25) is 0 Å². The maximum absolute atomic E-state index is 7.31. The van der Waals surface area contributed by atoms with Gasteiger partial charge in [0.15, 0.2) is 23.2 Å². The van der Waals surface area contributed by atoms with Crippen molar-refractivity contribution in [2.75, 3.05) is 0 Å². The lowest BCUT2D eigenvalue weighted by atomic mass is 9.48. The molecule has 2 heterocycles. The Morgan fingerprint density at radius 2 is 1.02 bits per heavy atom. The molecule has 0 saturated heterocycles. The van der Waals surface area contributed by atoms with Crippen molar-refractivity contribution in [1.29, 1.82) is 0 Å². The average molecular weight is 651 g/mol. The maximum Gasteiger partial charge on any atom is 0.187 e. The molecular formula is C44H34N4S. The molecule has 0 aliphatic heterocycles. The Bertz CT molecular complexity index is 2380. The summed E-state index contributed by atoms with van der Waals surface area (Å²) in [7, 11) is 0. The van der Waals surface area contributed by atoms with E-state index >= 15 is 0 Å². The van der Waals surface area contributed by atoms with Gasteiger partial charge < -0.3 is 0 Å². The minimum Gasteiger partial charge on any atom is -0.238 e. The molecule has 4 nitrogen and oxygen atoms in total. The normalized spacial score (nSPS) is 22.5. The van der Waals surface area contributed by atoms with Gasteiger partial charge in [-0.05, 0) is 90.5 Å². The van der Waals surface area contributed by atoms with Crippen LogP contribution in [-0.4, -0.2) is 15.0 Å². The molecule has 49 heavy (non-hydrogen) atoms. The second-order valence-electron chi connectivity index (χ2n) is 14.6. The monoisotopic (exact) mass is 650 g/mol. The van der Waals surface area contributed by atoms with Crippen molar-refractivity contribution in [2.45, 2.75) is 43.9 Å². The topological polar surface area (TPSA) is 43.0 Å². The Morgan fingerprint density at radius 3 is 1.61 bits per heavy atom. The molecule has 11 rings (SSSR count). The number of hydrogen-bond acceptors (Lipinski definition) is 4. The first-order valence-electron chi connectivity index (χ1n) is 17.5. The van der Waals surface area contributed by atoms with E-state index in [2.05, 4.69) is 65.5 Å². The van der Waals surface area contributed by atoms with Crippen LogP contribution < -0.4 is 0 Å². The number of nitrogens with zero attached hydrogens (tertiary/aromatic N) is 4. The first-order chi connectivity index (χ1) is 24.1. The summed E-state index contributed by atoms with van der Waals surface area (Å²) in [5.41, 5.74) is 7.73. The smallest absolute Gasteiger partial charge is 0.187 e. The first-order valence-corrected chi connectivity index (χ1v) is 18.3. The second kappa shape index (κ2) is 11.2. The van der Waals surface area contributed by atoms with Gasteiger partial charge in [0.05, 0.1) is 6.57 Å². The zero-order chi connectivity index (χ0) is 32.5. The van der Waals surface area contributed by atoms with E-state index in [0.29, 0.717) is 28.6 Å². The third-order valence-corrected chi connectivity index (χ3v) is 12.6. The maximum atomic E-state index is 7.31. The van der Waals surface area contributed by atoms with Crippen LogP contribution in [0.1, 0.15) is 44.1 Å². The van der Waals surface area contributed by atoms with E-state index in [9.17, 15) is 0 Å². The summed E-state index contributed by atoms with van der Waals surface area (Å²) in [6, 6.07) is 40.4. The lowest BCUT2D eigenvalue weighted by Gasteiger charge is -2.57. The number of aromatic nitrogens is 3. The van der Waals surface area contributed by atoms with E-state index in [-0.39, 0.29) is 0 Å². The summed E-state index contributed by atoms with van der Waals surface area (Å²) in [6.07, 6.45) is 8.68. The van der Waals surface area contributed by atoms with Crippen LogP contribution in [0.3, 0.4) is 0 Å². The molecule has 7 aromatic rings. The Morgan fingerprint density at radius 1 is 0.531 bits per heavy atom. The highest BCUT2D eigenvalue weighted by molar-refractivity contribution is 7.25. The van der Waals surface area contributed by atoms with Crippen molar-refractivity contribution in [3.63, 3.8) is 0 Å². The number of benzene rings is 5. The Balaban J connectivity index is 0.979. The molecule has 0 N–H and O–H groups in total. The molecule has 2 aromatic heterocycles. The molecule has 236 valence electrons. The quantitative estimate of drug-likeness (QED) is 0.174. The first kappa shape index (κ1) is 28.8. The fourth-order valence-corrected chi connectivity index (χ4v) is 10.8. The summed E-state index contributed by atoms with van der Waals surface area (Å²) in [5.74, 6) is 4.71. The van der Waals surface area contributed by atoms with Crippen molar-refractivity contribution in [2.24, 2.45) is 17.8 Å². The van der Waals surface area contributed by atoms with Crippen LogP contribution in [-0.2, 0) is 5.41 Å². The van der Waals surface area contributed by atoms with Crippen molar-refractivity contribution in [3.05, 3.63) is 132 Å². The molecule has 0 radical (unpaired) electrons. The largest absolute Gasteiger partial charge is 0.238 e. The van der Waals surface area contributed by atoms with Gasteiger partial charge in [-0.15, -0.1) is 11.3 Å². The minimum absolute atomic E-state index is 0.427. The van der Waals surface area contributed by atoms with Crippen LogP contribution in [0.15, 0.2) is 115 Å². The zero-order valence-corrected chi connectivity index (χ0v) is 28.0. The van der Waals surface area contributed by atoms with Gasteiger partial charge in [0.1, 0.15) is 0 Å². The Hall–Kier alpha value is -5.18. The van der Waals surface area contributed by atoms with Crippen molar-refractivity contribution in [3.8, 4) is 45.3 Å². The Labute approximate surface area is 290 Å². The van der Waals surface area contributed by atoms with Gasteiger partial charge in [0.2, 0.25) is 0 Å². The molecular weight excluding hydrogens is 617 g/mol. The highest BCUT2D eigenvalue weighted by Crippen LogP contribution is 2.61. The van der Waals surface area contributed by atoms with Crippen molar-refractivity contribution < 1.29 is 0 Å². The standard InChI is InChI=1S/C44H34N4S/c1-45-36-15-11-33(12-16-36)43-47-41(31-5-3-2-4-6-31)46-42(48-43)32-9-7-30(8-10-32)34-13-17-37-38-18-14-35(23-40(38)49-39(37)22-34)44-24-27-19-28(25-44)21-29(20-27)26-44/h2-18,22-23,27-29H,19-21,24-26H2. The molecule has 5 heteroatoms. The third kappa shape index (κ3) is 4.97. The molecule has 0 spiro atoms. The molecule has 4 saturated carbocycles. The SMILES string of the molecule is [C-]#[N+]c1ccc(-c2nc(-c3ccccc3)nc(-c3ccc(-c4ccc5c(c4)sc4cc(C67CC8CC(CC(C8)C6)C7)ccc45)cc3)n2)cc1. The molecule has 4 aliphatic carbocycles. The van der Waals surface area contributed by atoms with Crippen molar-refractivity contribution >= 4 is 37.2 Å². The van der Waals surface area contributed by atoms with Crippen LogP contribution in [0.2, 0.25) is 0 Å². The fraction of sp³-hybridized carbons (Fsp3) is 0.227. The number of fused-ring (bicyclic) bond motifs is 3. The fourth-order valence-electron chi connectivity index (χ4n) is 9.60. The van der Waals surface area contributed by atoms with Crippen LogP contribution in [0, 0.1) is 24.3 Å². The van der Waals surface area contributed by atoms with E-state index in [1.807, 2.05) is 53.8 Å². The molecule has 0 atom stereocenters. The molecule has 4 bridgehead atoms. The lowest BCUT2D eigenvalue weighted by Crippen LogP contribution is -2.48. The second-order valence-corrected chi connectivity index (χ2v) is 15.7. The van der Waals surface area contributed by atoms with Crippen LogP contribution in [0.5, 0.6) is 0 Å². The summed E-state index contributed by atoms with van der Waals surface area (Å²) in [5, 5.41) is 2.74. The van der Waals surface area contributed by atoms with Gasteiger partial charge in [-0.1, -0.05) is 103 Å². The molecule has 4 aliphatic rings. The minimum atomic E-state index is 0.427. The van der Waals surface area contributed by atoms with Gasteiger partial charge in [-0.2, -0.15) is 0 Å². The molecule has 0 amide bonds. The van der Waals surface area contributed by atoms with E-state index in [4.69, 9.17) is 21.5 Å². The van der Waals surface area contributed by atoms with E-state index < -0.39 is 0 Å². The van der Waals surface area contributed by atoms with Crippen LogP contribution in [0.4, 0.5) is 5.69 Å². The van der Waals surface area contributed by atoms with Gasteiger partial charge in [0, 0.05) is 36.9 Å². The summed E-state index contributed by atoms with van der Waals surface area (Å²) in [4.78, 5) is 18.1. The number of thiophene rings is 1. The molecule has 0 unspecified atom stereocenters. The zero-order valence-electron chi connectivity index (χ0n) is 27.1. The van der Waals surface area contributed by atoms with E-state index in [1.165, 1.54) is 69.8 Å².